The van der Waals surface area contributed by atoms with E-state index >= 15 is 0 Å². The van der Waals surface area contributed by atoms with Gasteiger partial charge in [0.1, 0.15) is 5.56 Å². The van der Waals surface area contributed by atoms with Crippen molar-refractivity contribution in [3.8, 4) is 0 Å². The molecule has 0 saturated heterocycles. The number of nitrogens with one attached hydrogen (secondary N) is 1. The van der Waals surface area contributed by atoms with E-state index < -0.39 is 28.1 Å². The Kier molecular flexibility index (Phi) is 5.50. The summed E-state index contributed by atoms with van der Waals surface area (Å²) < 4.78 is 3.01. The third kappa shape index (κ3) is 3.64. The molecular weight excluding hydrogens is 446 g/mol. The van der Waals surface area contributed by atoms with Crippen LogP contribution in [0.3, 0.4) is 0 Å². The van der Waals surface area contributed by atoms with E-state index in [1.54, 1.807) is 6.08 Å². The second-order valence-electron chi connectivity index (χ2n) is 6.80. The molecule has 1 amide bonds. The minimum Gasteiger partial charge on any atom is -0.343 e. The molecule has 1 N–H and O–H groups in total. The fourth-order valence-corrected chi connectivity index (χ4v) is 3.87. The molecule has 146 valence electrons. The first kappa shape index (κ1) is 20.4. The normalized spacial score (nSPS) is 21.3. The first-order valence-electron chi connectivity index (χ1n) is 8.54. The lowest BCUT2D eigenvalue weighted by Crippen LogP contribution is -2.50. The van der Waals surface area contributed by atoms with Gasteiger partial charge in [0.2, 0.25) is 0 Å². The fraction of sp³-hybridized carbons (Fsp3) is 0.250. The van der Waals surface area contributed by atoms with Gasteiger partial charge in [0.25, 0.3) is 11.5 Å². The number of amides is 1. The first-order valence-corrected chi connectivity index (χ1v) is 9.71. The predicted molar refractivity (Wildman–Crippen MR) is 114 cm³/mol. The summed E-state index contributed by atoms with van der Waals surface area (Å²) in [5.74, 6) is -0.590. The van der Waals surface area contributed by atoms with Crippen molar-refractivity contribution in [2.24, 2.45) is 14.1 Å². The maximum Gasteiger partial charge on any atom is 0.330 e. The second kappa shape index (κ2) is 7.56. The van der Waals surface area contributed by atoms with Crippen LogP contribution in [0.1, 0.15) is 22.8 Å². The summed E-state index contributed by atoms with van der Waals surface area (Å²) >= 11 is 10.3. The van der Waals surface area contributed by atoms with Crippen molar-refractivity contribution in [3.05, 3.63) is 85.1 Å². The van der Waals surface area contributed by atoms with Crippen molar-refractivity contribution in [3.63, 3.8) is 0 Å². The summed E-state index contributed by atoms with van der Waals surface area (Å²) in [6.07, 6.45) is 6.74. The summed E-state index contributed by atoms with van der Waals surface area (Å²) in [4.78, 5) is 36.0. The third-order valence-corrected chi connectivity index (χ3v) is 5.72. The molecule has 0 spiro atoms. The monoisotopic (exact) mass is 463 g/mol. The molecule has 0 radical (unpaired) electrons. The van der Waals surface area contributed by atoms with Crippen LogP contribution in [0.4, 0.5) is 0 Å². The highest BCUT2D eigenvalue weighted by Gasteiger charge is 2.38. The Labute approximate surface area is 175 Å². The van der Waals surface area contributed by atoms with E-state index in [1.165, 1.54) is 24.9 Å². The number of aromatic nitrogens is 2. The maximum atomic E-state index is 12.8. The lowest BCUT2D eigenvalue weighted by Gasteiger charge is -2.35. The molecule has 0 saturated carbocycles. The van der Waals surface area contributed by atoms with Crippen LogP contribution in [0.25, 0.3) is 5.57 Å². The number of allylic oxidation sites excluding steroid dienone is 2. The number of halogens is 2. The van der Waals surface area contributed by atoms with Gasteiger partial charge < -0.3 is 9.88 Å². The Bertz CT molecular complexity index is 1130. The predicted octanol–water partition coefficient (Wildman–Crippen LogP) is 2.60. The molecule has 2 aromatic rings. The van der Waals surface area contributed by atoms with E-state index in [2.05, 4.69) is 21.2 Å². The molecule has 1 aliphatic rings. The molecule has 1 aromatic heterocycles. The van der Waals surface area contributed by atoms with Crippen molar-refractivity contribution < 1.29 is 4.79 Å². The van der Waals surface area contributed by atoms with Crippen LogP contribution in [0, 0.1) is 0 Å². The number of alkyl halides is 1. The summed E-state index contributed by atoms with van der Waals surface area (Å²) in [5, 5.41) is 2.82. The fourth-order valence-electron chi connectivity index (χ4n) is 3.18. The van der Waals surface area contributed by atoms with E-state index in [0.717, 1.165) is 20.2 Å². The maximum absolute atomic E-state index is 12.8. The summed E-state index contributed by atoms with van der Waals surface area (Å²) in [7, 11) is 2.82. The second-order valence-corrected chi connectivity index (χ2v) is 8.50. The van der Waals surface area contributed by atoms with Crippen LogP contribution < -0.4 is 16.6 Å². The van der Waals surface area contributed by atoms with Crippen LogP contribution in [0.15, 0.2) is 62.8 Å². The van der Waals surface area contributed by atoms with Gasteiger partial charge in [-0.1, -0.05) is 46.3 Å². The van der Waals surface area contributed by atoms with E-state index in [1.807, 2.05) is 43.3 Å². The quantitative estimate of drug-likeness (QED) is 0.710. The number of nitrogens with zero attached hydrogens (tertiary/aromatic N) is 2. The number of hydrogen-bond acceptors (Lipinski definition) is 3. The number of aryl methyl sites for hydroxylation is 1. The van der Waals surface area contributed by atoms with Crippen LogP contribution in [-0.2, 0) is 14.1 Å². The van der Waals surface area contributed by atoms with E-state index in [4.69, 9.17) is 11.6 Å². The molecule has 0 fully saturated rings. The van der Waals surface area contributed by atoms with Crippen LogP contribution in [-0.4, -0.2) is 26.0 Å². The molecule has 2 atom stereocenters. The molecule has 8 heteroatoms. The Balaban J connectivity index is 1.93. The third-order valence-electron chi connectivity index (χ3n) is 4.79. The SMILES string of the molecule is Cn1cc(C(=O)NC2C=CC=C(c3cccc(Br)c3)C2(C)Cl)c(=O)n(C)c1=O. The molecular formula is C20H19BrClN3O3. The van der Waals surface area contributed by atoms with Gasteiger partial charge in [-0.2, -0.15) is 0 Å². The van der Waals surface area contributed by atoms with Gasteiger partial charge in [-0.05, 0) is 30.2 Å². The standard InChI is InChI=1S/C20H19BrClN3O3/c1-20(22)15(12-6-4-7-13(21)10-12)8-5-9-16(20)23-17(26)14-11-24(2)19(28)25(3)18(14)27/h4-11,16H,1-3H3,(H,23,26). The number of benzene rings is 1. The Morgan fingerprint density at radius 2 is 2.00 bits per heavy atom. The zero-order valence-corrected chi connectivity index (χ0v) is 17.9. The van der Waals surface area contributed by atoms with E-state index in [-0.39, 0.29) is 5.56 Å². The molecule has 28 heavy (non-hydrogen) atoms. The molecule has 1 aromatic carbocycles. The van der Waals surface area contributed by atoms with E-state index in [9.17, 15) is 14.4 Å². The van der Waals surface area contributed by atoms with Gasteiger partial charge in [0.05, 0.1) is 10.9 Å². The largest absolute Gasteiger partial charge is 0.343 e. The first-order chi connectivity index (χ1) is 13.1. The lowest BCUT2D eigenvalue weighted by atomic mass is 9.83. The van der Waals surface area contributed by atoms with Gasteiger partial charge >= 0.3 is 5.69 Å². The molecule has 0 aliphatic heterocycles. The average Bonchev–Trinajstić information content (AvgIpc) is 2.64. The van der Waals surface area contributed by atoms with Crippen molar-refractivity contribution in [2.45, 2.75) is 17.8 Å². The van der Waals surface area contributed by atoms with Gasteiger partial charge in [0, 0.05) is 24.8 Å². The highest BCUT2D eigenvalue weighted by Crippen LogP contribution is 2.39. The topological polar surface area (TPSA) is 73.1 Å². The molecule has 1 aliphatic carbocycles. The summed E-state index contributed by atoms with van der Waals surface area (Å²) in [5.41, 5.74) is 0.495. The minimum atomic E-state index is -0.933. The van der Waals surface area contributed by atoms with Gasteiger partial charge in [-0.15, -0.1) is 11.6 Å². The molecule has 2 unspecified atom stereocenters. The van der Waals surface area contributed by atoms with Gasteiger partial charge in [-0.25, -0.2) is 4.79 Å². The van der Waals surface area contributed by atoms with Crippen LogP contribution >= 0.6 is 27.5 Å². The molecule has 0 bridgehead atoms. The van der Waals surface area contributed by atoms with Crippen LogP contribution in [0.2, 0.25) is 0 Å². The summed E-state index contributed by atoms with van der Waals surface area (Å²) in [6, 6.07) is 7.17. The van der Waals surface area contributed by atoms with E-state index in [0.29, 0.717) is 0 Å². The zero-order valence-electron chi connectivity index (χ0n) is 15.6. The van der Waals surface area contributed by atoms with Crippen molar-refractivity contribution in [1.82, 2.24) is 14.5 Å². The van der Waals surface area contributed by atoms with Crippen molar-refractivity contribution in [2.75, 3.05) is 0 Å². The number of hydrogen-bond donors (Lipinski definition) is 1. The Morgan fingerprint density at radius 1 is 1.29 bits per heavy atom. The molecule has 6 nitrogen and oxygen atoms in total. The average molecular weight is 465 g/mol. The Morgan fingerprint density at radius 3 is 2.68 bits per heavy atom. The number of carbonyl (C=O) groups is 1. The molecule has 3 rings (SSSR count). The number of carbonyl (C=O) groups excluding carboxylic acids is 1. The van der Waals surface area contributed by atoms with Crippen LogP contribution in [0.5, 0.6) is 0 Å². The van der Waals surface area contributed by atoms with Gasteiger partial charge in [0.15, 0.2) is 0 Å². The minimum absolute atomic E-state index is 0.121. The number of rotatable bonds is 3. The summed E-state index contributed by atoms with van der Waals surface area (Å²) in [6.45, 7) is 1.81. The smallest absolute Gasteiger partial charge is 0.330 e. The zero-order chi connectivity index (χ0) is 20.6. The highest BCUT2D eigenvalue weighted by molar-refractivity contribution is 9.10. The van der Waals surface area contributed by atoms with Crippen molar-refractivity contribution in [1.29, 1.82) is 0 Å². The lowest BCUT2D eigenvalue weighted by molar-refractivity contribution is 0.0937. The highest BCUT2D eigenvalue weighted by atomic mass is 79.9. The van der Waals surface area contributed by atoms with Gasteiger partial charge in [-0.3, -0.25) is 14.2 Å². The Hall–Kier alpha value is -2.38. The molecule has 1 heterocycles. The van der Waals surface area contributed by atoms with Crippen molar-refractivity contribution >= 4 is 39.0 Å².